The van der Waals surface area contributed by atoms with Crippen molar-refractivity contribution >= 4 is 28.8 Å². The van der Waals surface area contributed by atoms with Gasteiger partial charge in [0.15, 0.2) is 5.65 Å². The molecule has 0 spiro atoms. The molecule has 0 saturated carbocycles. The molecule has 0 N–H and O–H groups in total. The van der Waals surface area contributed by atoms with E-state index in [0.29, 0.717) is 10.7 Å². The van der Waals surface area contributed by atoms with Gasteiger partial charge in [-0.1, -0.05) is 30.0 Å². The number of methoxy groups -OCH3 is 1. The van der Waals surface area contributed by atoms with E-state index < -0.39 is 0 Å². The number of para-hydroxylation sites is 1. The summed E-state index contributed by atoms with van der Waals surface area (Å²) in [5.74, 6) is -0.285. The Morgan fingerprint density at radius 2 is 2.05 bits per heavy atom. The van der Waals surface area contributed by atoms with Gasteiger partial charge in [0.25, 0.3) is 0 Å². The van der Waals surface area contributed by atoms with Crippen molar-refractivity contribution in [1.29, 1.82) is 0 Å². The molecule has 0 aliphatic heterocycles. The summed E-state index contributed by atoms with van der Waals surface area (Å²) in [6, 6.07) is 9.75. The van der Waals surface area contributed by atoms with E-state index in [9.17, 15) is 4.79 Å². The fourth-order valence-corrected chi connectivity index (χ4v) is 2.96. The summed E-state index contributed by atoms with van der Waals surface area (Å²) in [7, 11) is 1.38. The molecule has 6 nitrogen and oxygen atoms in total. The normalized spacial score (nSPS) is 12.3. The maximum absolute atomic E-state index is 11.6. The number of ether oxygens (including phenoxy) is 1. The Morgan fingerprint density at radius 3 is 2.77 bits per heavy atom. The molecule has 0 bridgehead atoms. The Morgan fingerprint density at radius 1 is 1.27 bits per heavy atom. The summed E-state index contributed by atoms with van der Waals surface area (Å²) < 4.78 is 6.50. The SMILES string of the molecule is COC(=O)[C@@H](C)Sc1ncnc2c1cnn2-c1ccccc1. The predicted octanol–water partition coefficient (Wildman–Crippen LogP) is 2.47. The van der Waals surface area contributed by atoms with Crippen molar-refractivity contribution in [3.8, 4) is 5.69 Å². The Hall–Kier alpha value is -2.41. The Balaban J connectivity index is 2.01. The number of thioether (sulfide) groups is 1. The molecule has 1 aromatic carbocycles. The van der Waals surface area contributed by atoms with Crippen molar-refractivity contribution in [3.63, 3.8) is 0 Å². The van der Waals surface area contributed by atoms with Crippen molar-refractivity contribution in [3.05, 3.63) is 42.9 Å². The fourth-order valence-electron chi connectivity index (χ4n) is 2.06. The summed E-state index contributed by atoms with van der Waals surface area (Å²) >= 11 is 1.34. The van der Waals surface area contributed by atoms with Crippen molar-refractivity contribution in [2.24, 2.45) is 0 Å². The molecule has 1 atom stereocenters. The molecular formula is C15H14N4O2S. The number of esters is 1. The van der Waals surface area contributed by atoms with E-state index in [4.69, 9.17) is 4.74 Å². The van der Waals surface area contributed by atoms with Crippen LogP contribution >= 0.6 is 11.8 Å². The third-order valence-corrected chi connectivity index (χ3v) is 4.25. The van der Waals surface area contributed by atoms with Crippen LogP contribution in [0.2, 0.25) is 0 Å². The second-order valence-electron chi connectivity index (χ2n) is 4.59. The molecule has 112 valence electrons. The van der Waals surface area contributed by atoms with Gasteiger partial charge in [0.05, 0.1) is 24.4 Å². The largest absolute Gasteiger partial charge is 0.468 e. The Bertz CT molecular complexity index is 804. The van der Waals surface area contributed by atoms with Gasteiger partial charge in [-0.05, 0) is 19.1 Å². The van der Waals surface area contributed by atoms with Crippen LogP contribution in [-0.4, -0.2) is 38.1 Å². The molecule has 3 aromatic rings. The van der Waals surface area contributed by atoms with Crippen LogP contribution in [0.4, 0.5) is 0 Å². The van der Waals surface area contributed by atoms with E-state index in [1.807, 2.05) is 30.3 Å². The number of carbonyl (C=O) groups is 1. The van der Waals surface area contributed by atoms with Crippen LogP contribution in [-0.2, 0) is 9.53 Å². The lowest BCUT2D eigenvalue weighted by Crippen LogP contribution is -2.14. The number of hydrogen-bond donors (Lipinski definition) is 0. The lowest BCUT2D eigenvalue weighted by Gasteiger charge is -2.08. The van der Waals surface area contributed by atoms with Gasteiger partial charge in [0.1, 0.15) is 16.6 Å². The minimum Gasteiger partial charge on any atom is -0.468 e. The van der Waals surface area contributed by atoms with Crippen LogP contribution in [0.1, 0.15) is 6.92 Å². The predicted molar refractivity (Wildman–Crippen MR) is 84.0 cm³/mol. The highest BCUT2D eigenvalue weighted by Crippen LogP contribution is 2.29. The summed E-state index contributed by atoms with van der Waals surface area (Å²) in [5, 5.41) is 5.56. The van der Waals surface area contributed by atoms with Gasteiger partial charge in [0, 0.05) is 0 Å². The first-order chi connectivity index (χ1) is 10.7. The van der Waals surface area contributed by atoms with Gasteiger partial charge in [0.2, 0.25) is 0 Å². The standard InChI is InChI=1S/C15H14N4O2S/c1-10(15(20)21-2)22-14-12-8-18-19(13(12)16-9-17-14)11-6-4-3-5-7-11/h3-10H,1-2H3/t10-/m1/s1. The van der Waals surface area contributed by atoms with E-state index >= 15 is 0 Å². The molecule has 0 saturated heterocycles. The van der Waals surface area contributed by atoms with Crippen molar-refractivity contribution in [1.82, 2.24) is 19.7 Å². The third kappa shape index (κ3) is 2.67. The van der Waals surface area contributed by atoms with Crippen LogP contribution in [0.25, 0.3) is 16.7 Å². The smallest absolute Gasteiger partial charge is 0.318 e. The molecule has 2 heterocycles. The van der Waals surface area contributed by atoms with E-state index in [1.54, 1.807) is 17.8 Å². The first kappa shape index (κ1) is 14.5. The van der Waals surface area contributed by atoms with Gasteiger partial charge >= 0.3 is 5.97 Å². The van der Waals surface area contributed by atoms with Gasteiger partial charge in [-0.15, -0.1) is 0 Å². The second-order valence-corrected chi connectivity index (χ2v) is 5.92. The molecule has 7 heteroatoms. The maximum Gasteiger partial charge on any atom is 0.318 e. The number of rotatable bonds is 4. The number of aromatic nitrogens is 4. The monoisotopic (exact) mass is 314 g/mol. The summed E-state index contributed by atoms with van der Waals surface area (Å²) in [6.45, 7) is 1.78. The molecule has 22 heavy (non-hydrogen) atoms. The van der Waals surface area contributed by atoms with Crippen molar-refractivity contribution in [2.45, 2.75) is 17.2 Å². The zero-order valence-corrected chi connectivity index (χ0v) is 12.9. The third-order valence-electron chi connectivity index (χ3n) is 3.15. The minimum atomic E-state index is -0.344. The molecule has 0 amide bonds. The highest BCUT2D eigenvalue weighted by molar-refractivity contribution is 8.00. The molecule has 0 unspecified atom stereocenters. The average molecular weight is 314 g/mol. The molecule has 3 rings (SSSR count). The summed E-state index contributed by atoms with van der Waals surface area (Å²) in [6.07, 6.45) is 3.20. The van der Waals surface area contributed by atoms with Crippen LogP contribution in [0.3, 0.4) is 0 Å². The van der Waals surface area contributed by atoms with Crippen molar-refractivity contribution < 1.29 is 9.53 Å². The highest BCUT2D eigenvalue weighted by Gasteiger charge is 2.19. The zero-order valence-electron chi connectivity index (χ0n) is 12.1. The molecule has 0 aliphatic rings. The molecular weight excluding hydrogens is 300 g/mol. The number of nitrogens with zero attached hydrogens (tertiary/aromatic N) is 4. The molecule has 0 fully saturated rings. The number of benzene rings is 1. The maximum atomic E-state index is 11.6. The van der Waals surface area contributed by atoms with Gasteiger partial charge in [-0.25, -0.2) is 14.6 Å². The molecule has 0 aliphatic carbocycles. The molecule has 2 aromatic heterocycles. The van der Waals surface area contributed by atoms with Crippen molar-refractivity contribution in [2.75, 3.05) is 7.11 Å². The number of fused-ring (bicyclic) bond motifs is 1. The first-order valence-corrected chi connectivity index (χ1v) is 7.57. The first-order valence-electron chi connectivity index (χ1n) is 6.69. The van der Waals surface area contributed by atoms with E-state index in [2.05, 4.69) is 15.1 Å². The van der Waals surface area contributed by atoms with Crippen LogP contribution in [0, 0.1) is 0 Å². The summed E-state index contributed by atoms with van der Waals surface area (Å²) in [5.41, 5.74) is 1.63. The zero-order chi connectivity index (χ0) is 15.5. The average Bonchev–Trinajstić information content (AvgIpc) is 3.00. The lowest BCUT2D eigenvalue weighted by atomic mass is 10.3. The van der Waals surface area contributed by atoms with E-state index in [-0.39, 0.29) is 11.2 Å². The van der Waals surface area contributed by atoms with Crippen LogP contribution in [0.15, 0.2) is 47.9 Å². The minimum absolute atomic E-state index is 0.285. The molecule has 0 radical (unpaired) electrons. The van der Waals surface area contributed by atoms with Crippen LogP contribution < -0.4 is 0 Å². The lowest BCUT2D eigenvalue weighted by molar-refractivity contribution is -0.139. The Labute approximate surface area is 131 Å². The van der Waals surface area contributed by atoms with Crippen LogP contribution in [0.5, 0.6) is 0 Å². The van der Waals surface area contributed by atoms with E-state index in [1.165, 1.54) is 25.2 Å². The van der Waals surface area contributed by atoms with Gasteiger partial charge < -0.3 is 4.74 Å². The van der Waals surface area contributed by atoms with E-state index in [0.717, 1.165) is 11.1 Å². The number of hydrogen-bond acceptors (Lipinski definition) is 6. The highest BCUT2D eigenvalue weighted by atomic mass is 32.2. The van der Waals surface area contributed by atoms with Gasteiger partial charge in [-0.2, -0.15) is 5.10 Å². The Kier molecular flexibility index (Phi) is 4.06. The fraction of sp³-hybridized carbons (Fsp3) is 0.200. The second kappa shape index (κ2) is 6.15. The number of carbonyl (C=O) groups excluding carboxylic acids is 1. The topological polar surface area (TPSA) is 69.9 Å². The quantitative estimate of drug-likeness (QED) is 0.418. The van der Waals surface area contributed by atoms with Gasteiger partial charge in [-0.3, -0.25) is 4.79 Å². The summed E-state index contributed by atoms with van der Waals surface area (Å²) in [4.78, 5) is 20.1.